The van der Waals surface area contributed by atoms with Gasteiger partial charge in [-0.1, -0.05) is 48.5 Å². The lowest BCUT2D eigenvalue weighted by Gasteiger charge is -2.39. The van der Waals surface area contributed by atoms with Crippen molar-refractivity contribution in [2.45, 2.75) is 42.2 Å². The molecule has 2 aromatic carbocycles. The molecule has 2 aliphatic heterocycles. The second kappa shape index (κ2) is 8.13. The molecule has 0 aromatic heterocycles. The van der Waals surface area contributed by atoms with Crippen molar-refractivity contribution in [3.63, 3.8) is 0 Å². The fourth-order valence-electron chi connectivity index (χ4n) is 5.12. The molecule has 160 valence electrons. The molecule has 0 radical (unpaired) electrons. The SMILES string of the molecule is CN1CCCC[C@]2(C[C@H](CO)[C@H](c3ccccc3)N2S(=O)(=O)c2ccccc2)C1=O. The standard InChI is InChI=1S/C23H28N2O4S/c1-24-15-9-8-14-23(22(24)27)16-19(17-26)21(18-10-4-2-5-11-18)25(23)30(28,29)20-12-6-3-7-13-20/h2-7,10-13,19,21,26H,8-9,14-17H2,1H3/t19-,21+,23+/m1/s1. The predicted molar refractivity (Wildman–Crippen MR) is 114 cm³/mol. The van der Waals surface area contributed by atoms with Gasteiger partial charge >= 0.3 is 0 Å². The van der Waals surface area contributed by atoms with Crippen LogP contribution in [0.25, 0.3) is 0 Å². The van der Waals surface area contributed by atoms with Gasteiger partial charge in [-0.2, -0.15) is 4.31 Å². The Morgan fingerprint density at radius 3 is 2.30 bits per heavy atom. The lowest BCUT2D eigenvalue weighted by atomic mass is 9.86. The highest BCUT2D eigenvalue weighted by Gasteiger charge is 2.61. The summed E-state index contributed by atoms with van der Waals surface area (Å²) in [5, 5.41) is 10.2. The number of carbonyl (C=O) groups excluding carboxylic acids is 1. The van der Waals surface area contributed by atoms with Crippen LogP contribution in [0.15, 0.2) is 65.6 Å². The Bertz CT molecular complexity index is 996. The van der Waals surface area contributed by atoms with Gasteiger partial charge in [0.15, 0.2) is 0 Å². The number of hydrogen-bond donors (Lipinski definition) is 1. The van der Waals surface area contributed by atoms with Crippen LogP contribution in [-0.2, 0) is 14.8 Å². The summed E-state index contributed by atoms with van der Waals surface area (Å²) in [5.74, 6) is -0.530. The molecule has 2 aliphatic rings. The number of likely N-dealkylation sites (tertiary alicyclic amines) is 1. The first-order valence-electron chi connectivity index (χ1n) is 10.4. The highest BCUT2D eigenvalue weighted by atomic mass is 32.2. The smallest absolute Gasteiger partial charge is 0.244 e. The number of amides is 1. The molecule has 2 heterocycles. The van der Waals surface area contributed by atoms with Crippen molar-refractivity contribution in [1.82, 2.24) is 9.21 Å². The first-order valence-corrected chi connectivity index (χ1v) is 11.9. The monoisotopic (exact) mass is 428 g/mol. The molecule has 3 atom stereocenters. The number of sulfonamides is 1. The second-order valence-corrected chi connectivity index (χ2v) is 10.1. The molecule has 0 aliphatic carbocycles. The van der Waals surface area contributed by atoms with E-state index in [4.69, 9.17) is 0 Å². The number of benzene rings is 2. The Morgan fingerprint density at radius 2 is 1.67 bits per heavy atom. The summed E-state index contributed by atoms with van der Waals surface area (Å²) in [4.78, 5) is 15.5. The Balaban J connectivity index is 1.95. The van der Waals surface area contributed by atoms with E-state index in [0.29, 0.717) is 19.4 Å². The average molecular weight is 429 g/mol. The predicted octanol–water partition coefficient (Wildman–Crippen LogP) is 2.81. The van der Waals surface area contributed by atoms with Crippen LogP contribution in [0.3, 0.4) is 0 Å². The van der Waals surface area contributed by atoms with E-state index in [2.05, 4.69) is 0 Å². The minimum atomic E-state index is -3.98. The molecule has 1 N–H and O–H groups in total. The van der Waals surface area contributed by atoms with Gasteiger partial charge in [-0.3, -0.25) is 4.79 Å². The molecule has 2 aromatic rings. The van der Waals surface area contributed by atoms with E-state index in [0.717, 1.165) is 18.4 Å². The second-order valence-electron chi connectivity index (χ2n) is 8.33. The molecule has 1 spiro atoms. The highest BCUT2D eigenvalue weighted by molar-refractivity contribution is 7.89. The van der Waals surface area contributed by atoms with Crippen LogP contribution in [0, 0.1) is 5.92 Å². The molecule has 30 heavy (non-hydrogen) atoms. The molecule has 0 unspecified atom stereocenters. The van der Waals surface area contributed by atoms with E-state index in [1.54, 1.807) is 42.3 Å². The number of hydrogen-bond acceptors (Lipinski definition) is 4. The van der Waals surface area contributed by atoms with Crippen molar-refractivity contribution in [1.29, 1.82) is 0 Å². The van der Waals surface area contributed by atoms with Crippen LogP contribution >= 0.6 is 0 Å². The Kier molecular flexibility index (Phi) is 5.70. The summed E-state index contributed by atoms with van der Waals surface area (Å²) in [5.41, 5.74) is -0.388. The van der Waals surface area contributed by atoms with Crippen molar-refractivity contribution >= 4 is 15.9 Å². The van der Waals surface area contributed by atoms with Crippen LogP contribution in [0.1, 0.15) is 37.3 Å². The van der Waals surface area contributed by atoms with E-state index >= 15 is 0 Å². The number of rotatable bonds is 4. The van der Waals surface area contributed by atoms with Gasteiger partial charge in [-0.05, 0) is 43.4 Å². The van der Waals surface area contributed by atoms with Crippen LogP contribution < -0.4 is 0 Å². The van der Waals surface area contributed by atoms with Crippen LogP contribution in [0.5, 0.6) is 0 Å². The number of likely N-dealkylation sites (N-methyl/N-ethyl adjacent to an activating group) is 1. The Hall–Kier alpha value is -2.22. The molecule has 7 heteroatoms. The van der Waals surface area contributed by atoms with Crippen LogP contribution in [0.2, 0.25) is 0 Å². The molecular weight excluding hydrogens is 400 g/mol. The largest absolute Gasteiger partial charge is 0.396 e. The minimum absolute atomic E-state index is 0.170. The van der Waals surface area contributed by atoms with Crippen molar-refractivity contribution in [3.8, 4) is 0 Å². The Morgan fingerprint density at radius 1 is 1.03 bits per heavy atom. The maximum atomic E-state index is 14.0. The third-order valence-corrected chi connectivity index (χ3v) is 8.44. The fourth-order valence-corrected chi connectivity index (χ4v) is 7.15. The fraction of sp³-hybridized carbons (Fsp3) is 0.435. The number of aliphatic hydroxyl groups excluding tert-OH is 1. The van der Waals surface area contributed by atoms with Crippen LogP contribution in [-0.4, -0.2) is 54.4 Å². The molecule has 1 amide bonds. The number of carbonyl (C=O) groups is 1. The van der Waals surface area contributed by atoms with Crippen molar-refractivity contribution < 1.29 is 18.3 Å². The topological polar surface area (TPSA) is 77.9 Å². The van der Waals surface area contributed by atoms with Crippen molar-refractivity contribution in [3.05, 3.63) is 66.2 Å². The zero-order valence-corrected chi connectivity index (χ0v) is 18.0. The normalized spacial score (nSPS) is 28.1. The third kappa shape index (κ3) is 3.35. The lowest BCUT2D eigenvalue weighted by Crippen LogP contribution is -2.57. The van der Waals surface area contributed by atoms with Crippen molar-refractivity contribution in [2.24, 2.45) is 5.92 Å². The van der Waals surface area contributed by atoms with E-state index in [-0.39, 0.29) is 23.3 Å². The molecule has 4 rings (SSSR count). The van der Waals surface area contributed by atoms with Gasteiger partial charge in [-0.15, -0.1) is 0 Å². The Labute approximate surface area is 178 Å². The molecule has 2 fully saturated rings. The number of aliphatic hydroxyl groups is 1. The van der Waals surface area contributed by atoms with Gasteiger partial charge in [-0.25, -0.2) is 8.42 Å². The zero-order valence-electron chi connectivity index (χ0n) is 17.1. The summed E-state index contributed by atoms with van der Waals surface area (Å²) >= 11 is 0. The number of nitrogens with zero attached hydrogens (tertiary/aromatic N) is 2. The quantitative estimate of drug-likeness (QED) is 0.812. The van der Waals surface area contributed by atoms with Gasteiger partial charge in [0.05, 0.1) is 10.9 Å². The van der Waals surface area contributed by atoms with E-state index < -0.39 is 21.6 Å². The molecule has 0 bridgehead atoms. The van der Waals surface area contributed by atoms with Crippen molar-refractivity contribution in [2.75, 3.05) is 20.2 Å². The van der Waals surface area contributed by atoms with E-state index in [1.807, 2.05) is 30.3 Å². The maximum Gasteiger partial charge on any atom is 0.244 e. The zero-order chi connectivity index (χ0) is 21.4. The van der Waals surface area contributed by atoms with Crippen LogP contribution in [0.4, 0.5) is 0 Å². The third-order valence-electron chi connectivity index (χ3n) is 6.48. The first kappa shape index (κ1) is 21.0. The van der Waals surface area contributed by atoms with Gasteiger partial charge in [0, 0.05) is 26.1 Å². The lowest BCUT2D eigenvalue weighted by molar-refractivity contribution is -0.139. The summed E-state index contributed by atoms with van der Waals surface area (Å²) in [6.45, 7) is 0.429. The van der Waals surface area contributed by atoms with Gasteiger partial charge in [0.1, 0.15) is 5.54 Å². The van der Waals surface area contributed by atoms with Gasteiger partial charge < -0.3 is 10.0 Å². The van der Waals surface area contributed by atoms with E-state index in [1.165, 1.54) is 4.31 Å². The average Bonchev–Trinajstić information content (AvgIpc) is 3.06. The molecule has 2 saturated heterocycles. The molecule has 0 saturated carbocycles. The summed E-state index contributed by atoms with van der Waals surface area (Å²) in [6.07, 6.45) is 2.37. The molecule has 6 nitrogen and oxygen atoms in total. The minimum Gasteiger partial charge on any atom is -0.396 e. The maximum absolute atomic E-state index is 14.0. The molecular formula is C23H28N2O4S. The summed E-state index contributed by atoms with van der Waals surface area (Å²) in [6, 6.07) is 17.1. The summed E-state index contributed by atoms with van der Waals surface area (Å²) < 4.78 is 29.4. The first-order chi connectivity index (χ1) is 14.4. The summed E-state index contributed by atoms with van der Waals surface area (Å²) in [7, 11) is -2.24. The van der Waals surface area contributed by atoms with Gasteiger partial charge in [0.2, 0.25) is 15.9 Å². The van der Waals surface area contributed by atoms with E-state index in [9.17, 15) is 18.3 Å². The highest BCUT2D eigenvalue weighted by Crippen LogP contribution is 2.52. The van der Waals surface area contributed by atoms with Gasteiger partial charge in [0.25, 0.3) is 0 Å².